The zero-order chi connectivity index (χ0) is 13.7. The number of ketones is 1. The fraction of sp³-hybridized carbons (Fsp3) is 0.429. The molecule has 1 aromatic rings. The van der Waals surface area contributed by atoms with Gasteiger partial charge < -0.3 is 10.1 Å². The minimum atomic E-state index is -0.0670. The van der Waals surface area contributed by atoms with Crippen molar-refractivity contribution in [2.75, 3.05) is 38.2 Å². The Morgan fingerprint density at radius 2 is 2.05 bits per heavy atom. The third kappa shape index (κ3) is 4.15. The van der Waals surface area contributed by atoms with Gasteiger partial charge in [-0.2, -0.15) is 0 Å². The smallest absolute Gasteiger partial charge is 0.238 e. The van der Waals surface area contributed by atoms with Crippen LogP contribution in [0.25, 0.3) is 0 Å². The topological polar surface area (TPSA) is 58.6 Å². The highest BCUT2D eigenvalue weighted by atomic mass is 16.5. The van der Waals surface area contributed by atoms with Crippen molar-refractivity contribution in [2.24, 2.45) is 0 Å². The number of hydrogen-bond donors (Lipinski definition) is 1. The lowest BCUT2D eigenvalue weighted by atomic mass is 10.1. The van der Waals surface area contributed by atoms with E-state index in [1.54, 1.807) is 24.3 Å². The summed E-state index contributed by atoms with van der Waals surface area (Å²) in [5, 5.41) is 2.81. The fourth-order valence-corrected chi connectivity index (χ4v) is 1.98. The lowest BCUT2D eigenvalue weighted by Gasteiger charge is -2.25. The highest BCUT2D eigenvalue weighted by Crippen LogP contribution is 2.11. The SMILES string of the molecule is CC(=O)c1cccc(NC(=O)CN2CCOCC2)c1. The minimum absolute atomic E-state index is 0.00993. The third-order valence-electron chi connectivity index (χ3n) is 3.02. The van der Waals surface area contributed by atoms with Gasteiger partial charge in [0.15, 0.2) is 5.78 Å². The second kappa shape index (κ2) is 6.45. The van der Waals surface area contributed by atoms with Gasteiger partial charge in [-0.1, -0.05) is 12.1 Å². The van der Waals surface area contributed by atoms with Crippen LogP contribution < -0.4 is 5.32 Å². The lowest BCUT2D eigenvalue weighted by Crippen LogP contribution is -2.41. The van der Waals surface area contributed by atoms with Crippen molar-refractivity contribution in [2.45, 2.75) is 6.92 Å². The van der Waals surface area contributed by atoms with E-state index < -0.39 is 0 Å². The molecule has 1 N–H and O–H groups in total. The number of carbonyl (C=O) groups is 2. The molecule has 19 heavy (non-hydrogen) atoms. The van der Waals surface area contributed by atoms with Crippen molar-refractivity contribution in [1.29, 1.82) is 0 Å². The maximum absolute atomic E-state index is 11.9. The van der Waals surface area contributed by atoms with E-state index in [4.69, 9.17) is 4.74 Å². The maximum Gasteiger partial charge on any atom is 0.238 e. The molecule has 0 aromatic heterocycles. The van der Waals surface area contributed by atoms with Gasteiger partial charge in [-0.05, 0) is 19.1 Å². The van der Waals surface area contributed by atoms with Crippen LogP contribution in [0.5, 0.6) is 0 Å². The van der Waals surface area contributed by atoms with Gasteiger partial charge >= 0.3 is 0 Å². The van der Waals surface area contributed by atoms with Crippen molar-refractivity contribution in [3.8, 4) is 0 Å². The van der Waals surface area contributed by atoms with E-state index in [1.165, 1.54) is 6.92 Å². The molecule has 1 heterocycles. The second-order valence-corrected chi connectivity index (χ2v) is 4.57. The standard InChI is InChI=1S/C14H18N2O3/c1-11(17)12-3-2-4-13(9-12)15-14(18)10-16-5-7-19-8-6-16/h2-4,9H,5-8,10H2,1H3,(H,15,18). The number of anilines is 1. The van der Waals surface area contributed by atoms with Crippen LogP contribution in [0.2, 0.25) is 0 Å². The van der Waals surface area contributed by atoms with Gasteiger partial charge in [0.05, 0.1) is 19.8 Å². The molecular weight excluding hydrogens is 244 g/mol. The molecule has 1 amide bonds. The van der Waals surface area contributed by atoms with Gasteiger partial charge in [0.2, 0.25) is 5.91 Å². The number of nitrogens with one attached hydrogen (secondary N) is 1. The molecule has 1 fully saturated rings. The summed E-state index contributed by atoms with van der Waals surface area (Å²) < 4.78 is 5.23. The highest BCUT2D eigenvalue weighted by Gasteiger charge is 2.14. The fourth-order valence-electron chi connectivity index (χ4n) is 1.98. The van der Waals surface area contributed by atoms with E-state index in [0.29, 0.717) is 31.0 Å². The van der Waals surface area contributed by atoms with E-state index in [9.17, 15) is 9.59 Å². The molecule has 1 saturated heterocycles. The highest BCUT2D eigenvalue weighted by molar-refractivity contribution is 5.97. The molecule has 5 nitrogen and oxygen atoms in total. The molecule has 0 aliphatic carbocycles. The lowest BCUT2D eigenvalue weighted by molar-refractivity contribution is -0.118. The van der Waals surface area contributed by atoms with E-state index in [1.807, 2.05) is 4.90 Å². The van der Waals surface area contributed by atoms with Crippen molar-refractivity contribution in [3.63, 3.8) is 0 Å². The van der Waals surface area contributed by atoms with Crippen LogP contribution >= 0.6 is 0 Å². The number of rotatable bonds is 4. The minimum Gasteiger partial charge on any atom is -0.379 e. The van der Waals surface area contributed by atoms with E-state index in [0.717, 1.165) is 13.1 Å². The number of benzene rings is 1. The largest absolute Gasteiger partial charge is 0.379 e. The first-order valence-corrected chi connectivity index (χ1v) is 6.36. The Bertz CT molecular complexity index is 468. The summed E-state index contributed by atoms with van der Waals surface area (Å²) in [4.78, 5) is 25.2. The summed E-state index contributed by atoms with van der Waals surface area (Å²) in [6.45, 7) is 4.77. The number of carbonyl (C=O) groups excluding carboxylic acids is 2. The number of morpholine rings is 1. The molecular formula is C14H18N2O3. The summed E-state index contributed by atoms with van der Waals surface area (Å²) in [6, 6.07) is 6.98. The number of ether oxygens (including phenoxy) is 1. The van der Waals surface area contributed by atoms with Crippen LogP contribution in [0.15, 0.2) is 24.3 Å². The Balaban J connectivity index is 1.90. The molecule has 1 aliphatic rings. The summed E-state index contributed by atoms with van der Waals surface area (Å²) in [7, 11) is 0. The van der Waals surface area contributed by atoms with Crippen molar-refractivity contribution in [1.82, 2.24) is 4.90 Å². The zero-order valence-corrected chi connectivity index (χ0v) is 11.0. The van der Waals surface area contributed by atoms with E-state index in [-0.39, 0.29) is 11.7 Å². The second-order valence-electron chi connectivity index (χ2n) is 4.57. The molecule has 5 heteroatoms. The van der Waals surface area contributed by atoms with Crippen molar-refractivity contribution >= 4 is 17.4 Å². The average Bonchev–Trinajstić information content (AvgIpc) is 2.40. The molecule has 0 radical (unpaired) electrons. The van der Waals surface area contributed by atoms with Gasteiger partial charge in [0.1, 0.15) is 0 Å². The Hall–Kier alpha value is -1.72. The van der Waals surface area contributed by atoms with Crippen molar-refractivity contribution < 1.29 is 14.3 Å². The third-order valence-corrected chi connectivity index (χ3v) is 3.02. The summed E-state index contributed by atoms with van der Waals surface area (Å²) >= 11 is 0. The number of amides is 1. The first kappa shape index (κ1) is 13.7. The summed E-state index contributed by atoms with van der Waals surface area (Å²) in [5.41, 5.74) is 1.26. The van der Waals surface area contributed by atoms with Crippen LogP contribution in [0.3, 0.4) is 0 Å². The quantitative estimate of drug-likeness (QED) is 0.827. The van der Waals surface area contributed by atoms with Crippen LogP contribution in [0.1, 0.15) is 17.3 Å². The molecule has 0 unspecified atom stereocenters. The number of Topliss-reactive ketones (excluding diaryl/α,β-unsaturated/α-hetero) is 1. The van der Waals surface area contributed by atoms with Crippen LogP contribution in [0.4, 0.5) is 5.69 Å². The van der Waals surface area contributed by atoms with Gasteiger partial charge in [-0.15, -0.1) is 0 Å². The van der Waals surface area contributed by atoms with E-state index >= 15 is 0 Å². The maximum atomic E-state index is 11.9. The Labute approximate surface area is 112 Å². The first-order chi connectivity index (χ1) is 9.15. The Kier molecular flexibility index (Phi) is 4.65. The predicted octanol–water partition coefficient (Wildman–Crippen LogP) is 1.16. The number of hydrogen-bond acceptors (Lipinski definition) is 4. The van der Waals surface area contributed by atoms with Gasteiger partial charge in [-0.25, -0.2) is 0 Å². The first-order valence-electron chi connectivity index (χ1n) is 6.36. The Morgan fingerprint density at radius 1 is 1.32 bits per heavy atom. The van der Waals surface area contributed by atoms with Gasteiger partial charge in [-0.3, -0.25) is 14.5 Å². The van der Waals surface area contributed by atoms with Gasteiger partial charge in [0, 0.05) is 24.3 Å². The monoisotopic (exact) mass is 262 g/mol. The molecule has 2 rings (SSSR count). The molecule has 0 saturated carbocycles. The van der Waals surface area contributed by atoms with Crippen LogP contribution in [-0.4, -0.2) is 49.4 Å². The molecule has 102 valence electrons. The van der Waals surface area contributed by atoms with Crippen molar-refractivity contribution in [3.05, 3.63) is 29.8 Å². The summed E-state index contributed by atoms with van der Waals surface area (Å²) in [5.74, 6) is -0.0770. The molecule has 0 spiro atoms. The number of nitrogens with zero attached hydrogens (tertiary/aromatic N) is 1. The van der Waals surface area contributed by atoms with Gasteiger partial charge in [0.25, 0.3) is 0 Å². The van der Waals surface area contributed by atoms with Crippen LogP contribution in [-0.2, 0) is 9.53 Å². The Morgan fingerprint density at radius 3 is 2.74 bits per heavy atom. The molecule has 0 atom stereocenters. The molecule has 1 aliphatic heterocycles. The molecule has 1 aromatic carbocycles. The normalized spacial score (nSPS) is 16.1. The summed E-state index contributed by atoms with van der Waals surface area (Å²) in [6.07, 6.45) is 0. The predicted molar refractivity (Wildman–Crippen MR) is 72.3 cm³/mol. The molecule has 0 bridgehead atoms. The van der Waals surface area contributed by atoms with E-state index in [2.05, 4.69) is 5.32 Å². The van der Waals surface area contributed by atoms with Crippen LogP contribution in [0, 0.1) is 0 Å². The average molecular weight is 262 g/mol. The zero-order valence-electron chi connectivity index (χ0n) is 11.0.